The Bertz CT molecular complexity index is 1240. The molecule has 2 N–H and O–H groups in total. The van der Waals surface area contributed by atoms with E-state index in [1.807, 2.05) is 30.3 Å². The zero-order chi connectivity index (χ0) is 23.5. The molecule has 0 spiro atoms. The maximum absolute atomic E-state index is 13.2. The van der Waals surface area contributed by atoms with Crippen LogP contribution < -0.4 is 5.32 Å². The number of amides is 1. The molecular weight excluding hydrogens is 429 g/mol. The Kier molecular flexibility index (Phi) is 6.14. The Balaban J connectivity index is 1.44. The fourth-order valence-electron chi connectivity index (χ4n) is 4.78. The highest BCUT2D eigenvalue weighted by atomic mass is 19.1. The maximum atomic E-state index is 13.2. The first-order valence-corrected chi connectivity index (χ1v) is 11.6. The van der Waals surface area contributed by atoms with Crippen molar-refractivity contribution in [3.63, 3.8) is 0 Å². The van der Waals surface area contributed by atoms with Crippen LogP contribution in [0.4, 0.5) is 10.1 Å². The second-order valence-corrected chi connectivity index (χ2v) is 9.08. The summed E-state index contributed by atoms with van der Waals surface area (Å²) in [5.74, 6) is 5.76. The minimum atomic E-state index is -1.03. The summed E-state index contributed by atoms with van der Waals surface area (Å²) in [4.78, 5) is 19.6. The normalized spacial score (nSPS) is 23.1. The van der Waals surface area contributed by atoms with E-state index in [0.29, 0.717) is 29.9 Å². The summed E-state index contributed by atoms with van der Waals surface area (Å²) >= 11 is 0. The number of nitrogens with one attached hydrogen (secondary N) is 1. The van der Waals surface area contributed by atoms with Gasteiger partial charge in [-0.05, 0) is 73.3 Å². The van der Waals surface area contributed by atoms with Crippen molar-refractivity contribution in [2.24, 2.45) is 5.92 Å². The minimum Gasteiger partial charge on any atom is -0.376 e. The van der Waals surface area contributed by atoms with E-state index in [4.69, 9.17) is 0 Å². The van der Waals surface area contributed by atoms with Crippen molar-refractivity contribution < 1.29 is 14.3 Å². The molecule has 172 valence electrons. The Morgan fingerprint density at radius 1 is 1.15 bits per heavy atom. The second-order valence-electron chi connectivity index (χ2n) is 9.08. The fourth-order valence-corrected chi connectivity index (χ4v) is 4.78. The zero-order valence-electron chi connectivity index (χ0n) is 18.8. The number of nitrogens with zero attached hydrogens (tertiary/aromatic N) is 2. The minimum absolute atomic E-state index is 0.184. The van der Waals surface area contributed by atoms with Crippen molar-refractivity contribution in [2.75, 3.05) is 25.0 Å². The van der Waals surface area contributed by atoms with Gasteiger partial charge < -0.3 is 10.4 Å². The van der Waals surface area contributed by atoms with E-state index in [9.17, 15) is 14.3 Å². The number of benzene rings is 2. The van der Waals surface area contributed by atoms with Crippen LogP contribution in [0.25, 0.3) is 0 Å². The molecule has 6 heteroatoms. The third kappa shape index (κ3) is 4.86. The lowest BCUT2D eigenvalue weighted by Gasteiger charge is -2.47. The zero-order valence-corrected chi connectivity index (χ0v) is 18.8. The number of pyridine rings is 1. The lowest BCUT2D eigenvalue weighted by Crippen LogP contribution is -2.58. The van der Waals surface area contributed by atoms with E-state index in [-0.39, 0.29) is 17.6 Å². The first-order chi connectivity index (χ1) is 16.5. The third-order valence-corrected chi connectivity index (χ3v) is 6.69. The standard InChI is InChI=1S/C28H26FN3O2/c29-24-6-8-25(9-7-24)31-27(33)22-17-21(16-20-4-2-1-3-5-20)26(30-18-22)10-13-28(34)19-32-14-11-23(28)12-15-32/h1-9,17-18,23,34H,11-12,14-16,19H2,(H,31,33). The Morgan fingerprint density at radius 3 is 2.56 bits per heavy atom. The fraction of sp³-hybridized carbons (Fsp3) is 0.286. The van der Waals surface area contributed by atoms with Gasteiger partial charge in [-0.15, -0.1) is 0 Å². The van der Waals surface area contributed by atoms with E-state index in [1.165, 1.54) is 30.5 Å². The molecule has 2 aromatic carbocycles. The topological polar surface area (TPSA) is 65.5 Å². The molecule has 3 aromatic rings. The van der Waals surface area contributed by atoms with E-state index in [1.54, 1.807) is 6.07 Å². The predicted octanol–water partition coefficient (Wildman–Crippen LogP) is 3.87. The van der Waals surface area contributed by atoms with Crippen LogP contribution in [-0.4, -0.2) is 46.1 Å². The van der Waals surface area contributed by atoms with Crippen LogP contribution in [0.3, 0.4) is 0 Å². The summed E-state index contributed by atoms with van der Waals surface area (Å²) in [7, 11) is 0. The molecule has 1 aromatic heterocycles. The largest absolute Gasteiger partial charge is 0.376 e. The van der Waals surface area contributed by atoms with Gasteiger partial charge in [0.25, 0.3) is 5.91 Å². The first kappa shape index (κ1) is 22.3. The maximum Gasteiger partial charge on any atom is 0.257 e. The molecule has 4 heterocycles. The number of hydrogen-bond donors (Lipinski definition) is 2. The highest BCUT2D eigenvalue weighted by Crippen LogP contribution is 2.35. The van der Waals surface area contributed by atoms with E-state index < -0.39 is 5.60 Å². The summed E-state index contributed by atoms with van der Waals surface area (Å²) in [6.45, 7) is 2.60. The highest BCUT2D eigenvalue weighted by Gasteiger charge is 2.44. The molecule has 6 rings (SSSR count). The van der Waals surface area contributed by atoms with Crippen LogP contribution in [-0.2, 0) is 6.42 Å². The van der Waals surface area contributed by atoms with Crippen LogP contribution in [0.1, 0.15) is 40.0 Å². The number of aliphatic hydroxyl groups is 1. The number of piperidine rings is 3. The quantitative estimate of drug-likeness (QED) is 0.587. The second kappa shape index (κ2) is 9.38. The van der Waals surface area contributed by atoms with Crippen LogP contribution in [0, 0.1) is 23.6 Å². The molecule has 3 fully saturated rings. The van der Waals surface area contributed by atoms with E-state index in [2.05, 4.69) is 27.0 Å². The predicted molar refractivity (Wildman–Crippen MR) is 129 cm³/mol. The van der Waals surface area contributed by atoms with Gasteiger partial charge in [0.15, 0.2) is 0 Å². The number of fused-ring (bicyclic) bond motifs is 3. The molecule has 1 unspecified atom stereocenters. The lowest BCUT2D eigenvalue weighted by atomic mass is 9.76. The number of hydrogen-bond acceptors (Lipinski definition) is 4. The van der Waals surface area contributed by atoms with Crippen molar-refractivity contribution in [3.05, 3.63) is 95.1 Å². The molecule has 0 radical (unpaired) electrons. The SMILES string of the molecule is O=C(Nc1ccc(F)cc1)c1cnc(C#CC2(O)CN3CCC2CC3)c(Cc2ccccc2)c1. The number of rotatable bonds is 4. The summed E-state index contributed by atoms with van der Waals surface area (Å²) in [5, 5.41) is 14.0. The van der Waals surface area contributed by atoms with E-state index >= 15 is 0 Å². The average molecular weight is 456 g/mol. The molecule has 1 amide bonds. The summed E-state index contributed by atoms with van der Waals surface area (Å²) in [6.07, 6.45) is 3.97. The van der Waals surface area contributed by atoms with Gasteiger partial charge in [-0.2, -0.15) is 0 Å². The lowest BCUT2D eigenvalue weighted by molar-refractivity contribution is -0.0713. The monoisotopic (exact) mass is 455 g/mol. The summed E-state index contributed by atoms with van der Waals surface area (Å²) < 4.78 is 13.2. The van der Waals surface area contributed by atoms with Crippen molar-refractivity contribution >= 4 is 11.6 Å². The molecule has 3 aliphatic rings. The average Bonchev–Trinajstić information content (AvgIpc) is 2.86. The van der Waals surface area contributed by atoms with Gasteiger partial charge >= 0.3 is 0 Å². The van der Waals surface area contributed by atoms with Gasteiger partial charge in [-0.3, -0.25) is 9.69 Å². The Hall–Kier alpha value is -3.53. The number of carbonyl (C=O) groups is 1. The first-order valence-electron chi connectivity index (χ1n) is 11.6. The Labute approximate surface area is 198 Å². The summed E-state index contributed by atoms with van der Waals surface area (Å²) in [6, 6.07) is 17.3. The van der Waals surface area contributed by atoms with Crippen molar-refractivity contribution in [3.8, 4) is 11.8 Å². The number of aromatic nitrogens is 1. The highest BCUT2D eigenvalue weighted by molar-refractivity contribution is 6.04. The van der Waals surface area contributed by atoms with Gasteiger partial charge in [0, 0.05) is 30.8 Å². The molecule has 2 bridgehead atoms. The van der Waals surface area contributed by atoms with Gasteiger partial charge in [0.1, 0.15) is 17.1 Å². The van der Waals surface area contributed by atoms with Gasteiger partial charge in [-0.25, -0.2) is 9.37 Å². The molecule has 0 saturated carbocycles. The molecule has 1 atom stereocenters. The van der Waals surface area contributed by atoms with Gasteiger partial charge in [-0.1, -0.05) is 36.3 Å². The number of carbonyl (C=O) groups excluding carboxylic acids is 1. The van der Waals surface area contributed by atoms with Crippen LogP contribution >= 0.6 is 0 Å². The molecule has 5 nitrogen and oxygen atoms in total. The molecule has 3 saturated heterocycles. The van der Waals surface area contributed by atoms with Gasteiger partial charge in [0.2, 0.25) is 0 Å². The van der Waals surface area contributed by atoms with Crippen LogP contribution in [0.5, 0.6) is 0 Å². The number of halogens is 1. The molecule has 34 heavy (non-hydrogen) atoms. The Morgan fingerprint density at radius 2 is 1.88 bits per heavy atom. The smallest absolute Gasteiger partial charge is 0.257 e. The van der Waals surface area contributed by atoms with E-state index in [0.717, 1.165) is 37.1 Å². The van der Waals surface area contributed by atoms with Crippen molar-refractivity contribution in [1.29, 1.82) is 0 Å². The molecular formula is C28H26FN3O2. The molecule has 0 aliphatic carbocycles. The number of anilines is 1. The van der Waals surface area contributed by atoms with Crippen LogP contribution in [0.2, 0.25) is 0 Å². The van der Waals surface area contributed by atoms with Crippen LogP contribution in [0.15, 0.2) is 66.9 Å². The van der Waals surface area contributed by atoms with Crippen molar-refractivity contribution in [2.45, 2.75) is 24.9 Å². The van der Waals surface area contributed by atoms with Crippen molar-refractivity contribution in [1.82, 2.24) is 9.88 Å². The summed E-state index contributed by atoms with van der Waals surface area (Å²) in [5.41, 5.74) is 2.32. The third-order valence-electron chi connectivity index (χ3n) is 6.69. The van der Waals surface area contributed by atoms with Gasteiger partial charge in [0.05, 0.1) is 5.56 Å². The molecule has 3 aliphatic heterocycles.